The number of benzene rings is 1. The van der Waals surface area contributed by atoms with E-state index in [2.05, 4.69) is 15.0 Å². The molecule has 8 heteroatoms. The molecular formula is C26H19F3N4O. The molecule has 0 saturated heterocycles. The van der Waals surface area contributed by atoms with Crippen molar-refractivity contribution in [2.45, 2.75) is 26.2 Å². The zero-order valence-corrected chi connectivity index (χ0v) is 18.2. The molecule has 3 aromatic heterocycles. The van der Waals surface area contributed by atoms with Crippen molar-refractivity contribution in [1.29, 1.82) is 0 Å². The maximum absolute atomic E-state index is 13.3. The number of pyridine rings is 3. The molecule has 0 atom stereocenters. The molecular weight excluding hydrogens is 441 g/mol. The molecule has 1 aromatic carbocycles. The van der Waals surface area contributed by atoms with Gasteiger partial charge in [-0.2, -0.15) is 13.2 Å². The fraction of sp³-hybridized carbons (Fsp3) is 0.154. The number of hydrogen-bond acceptors (Lipinski definition) is 4. The van der Waals surface area contributed by atoms with Gasteiger partial charge in [0.2, 0.25) is 0 Å². The van der Waals surface area contributed by atoms with Gasteiger partial charge in [-0.05, 0) is 53.9 Å². The van der Waals surface area contributed by atoms with E-state index in [1.165, 1.54) is 29.0 Å². The molecule has 0 fully saturated rings. The van der Waals surface area contributed by atoms with Crippen LogP contribution in [0.4, 0.5) is 13.2 Å². The summed E-state index contributed by atoms with van der Waals surface area (Å²) in [6, 6.07) is 15.7. The van der Waals surface area contributed by atoms with Crippen LogP contribution in [0.2, 0.25) is 0 Å². The Morgan fingerprint density at radius 3 is 2.53 bits per heavy atom. The first-order valence-corrected chi connectivity index (χ1v) is 10.6. The van der Waals surface area contributed by atoms with Gasteiger partial charge < -0.3 is 4.57 Å². The smallest absolute Gasteiger partial charge is 0.311 e. The molecule has 5 nitrogen and oxygen atoms in total. The molecule has 170 valence electrons. The standard InChI is InChI=1S/C26H19F3N4O/c1-16-11-19(6-9-30-16)24-22-12-17(4-5-20(22)14-32-24)18-7-10-33(23(34)13-18)15-21-3-2-8-31-25(21)26(27,28)29/h2-13H,14-15H2,1H3. The Balaban J connectivity index is 1.46. The summed E-state index contributed by atoms with van der Waals surface area (Å²) in [7, 11) is 0. The van der Waals surface area contributed by atoms with E-state index >= 15 is 0 Å². The molecule has 0 unspecified atom stereocenters. The lowest BCUT2D eigenvalue weighted by Gasteiger charge is -2.13. The summed E-state index contributed by atoms with van der Waals surface area (Å²) in [6.45, 7) is 2.29. The molecule has 1 aliphatic heterocycles. The van der Waals surface area contributed by atoms with Crippen LogP contribution in [0.5, 0.6) is 0 Å². The van der Waals surface area contributed by atoms with E-state index in [-0.39, 0.29) is 12.1 Å². The largest absolute Gasteiger partial charge is 0.433 e. The lowest BCUT2D eigenvalue weighted by Crippen LogP contribution is -2.21. The lowest BCUT2D eigenvalue weighted by molar-refractivity contribution is -0.141. The van der Waals surface area contributed by atoms with Crippen LogP contribution >= 0.6 is 0 Å². The Morgan fingerprint density at radius 2 is 1.76 bits per heavy atom. The van der Waals surface area contributed by atoms with Crippen LogP contribution in [-0.4, -0.2) is 20.2 Å². The number of alkyl halides is 3. The Bertz CT molecular complexity index is 1490. The average molecular weight is 460 g/mol. The van der Waals surface area contributed by atoms with Crippen LogP contribution < -0.4 is 5.56 Å². The zero-order chi connectivity index (χ0) is 23.9. The van der Waals surface area contributed by atoms with Gasteiger partial charge in [-0.1, -0.05) is 18.2 Å². The van der Waals surface area contributed by atoms with Gasteiger partial charge in [0.1, 0.15) is 5.69 Å². The number of aromatic nitrogens is 3. The number of hydrogen-bond donors (Lipinski definition) is 0. The predicted molar refractivity (Wildman–Crippen MR) is 123 cm³/mol. The third-order valence-electron chi connectivity index (χ3n) is 5.77. The van der Waals surface area contributed by atoms with E-state index < -0.39 is 17.4 Å². The summed E-state index contributed by atoms with van der Waals surface area (Å²) >= 11 is 0. The summed E-state index contributed by atoms with van der Waals surface area (Å²) in [6.07, 6.45) is -0.228. The summed E-state index contributed by atoms with van der Waals surface area (Å²) < 4.78 is 41.0. The van der Waals surface area contributed by atoms with E-state index in [1.807, 2.05) is 37.3 Å². The van der Waals surface area contributed by atoms with Gasteiger partial charge in [0.15, 0.2) is 0 Å². The first-order valence-electron chi connectivity index (χ1n) is 10.6. The van der Waals surface area contributed by atoms with E-state index in [1.54, 1.807) is 12.3 Å². The van der Waals surface area contributed by atoms with E-state index in [0.717, 1.165) is 39.9 Å². The number of halogens is 3. The van der Waals surface area contributed by atoms with Gasteiger partial charge in [0.25, 0.3) is 5.56 Å². The normalized spacial score (nSPS) is 13.0. The quantitative estimate of drug-likeness (QED) is 0.429. The van der Waals surface area contributed by atoms with Crippen molar-refractivity contribution < 1.29 is 13.2 Å². The van der Waals surface area contributed by atoms with Crippen LogP contribution in [0.1, 0.15) is 33.6 Å². The summed E-state index contributed by atoms with van der Waals surface area (Å²) in [5, 5.41) is 0. The third kappa shape index (κ3) is 4.14. The maximum Gasteiger partial charge on any atom is 0.433 e. The minimum atomic E-state index is -4.59. The highest BCUT2D eigenvalue weighted by Crippen LogP contribution is 2.31. The zero-order valence-electron chi connectivity index (χ0n) is 18.2. The number of aliphatic imine (C=N–C) groups is 1. The molecule has 0 spiro atoms. The molecule has 0 amide bonds. The van der Waals surface area contributed by atoms with Gasteiger partial charge in [-0.15, -0.1) is 0 Å². The summed E-state index contributed by atoms with van der Waals surface area (Å²) in [4.78, 5) is 25.1. The Hall–Kier alpha value is -4.07. The van der Waals surface area contributed by atoms with Gasteiger partial charge >= 0.3 is 6.18 Å². The fourth-order valence-electron chi connectivity index (χ4n) is 4.13. The van der Waals surface area contributed by atoms with Gasteiger partial charge in [0, 0.05) is 47.0 Å². The van der Waals surface area contributed by atoms with E-state index in [0.29, 0.717) is 12.1 Å². The van der Waals surface area contributed by atoms with Gasteiger partial charge in [-0.25, -0.2) is 0 Å². The van der Waals surface area contributed by atoms with Crippen molar-refractivity contribution in [3.63, 3.8) is 0 Å². The van der Waals surface area contributed by atoms with Gasteiger partial charge in [0.05, 0.1) is 18.8 Å². The first-order chi connectivity index (χ1) is 16.3. The minimum absolute atomic E-state index is 0.0594. The second kappa shape index (κ2) is 8.37. The fourth-order valence-corrected chi connectivity index (χ4v) is 4.13. The van der Waals surface area contributed by atoms with Crippen molar-refractivity contribution in [3.05, 3.63) is 117 Å². The SMILES string of the molecule is Cc1cc(C2=NCc3ccc(-c4ccn(Cc5cccnc5C(F)(F)F)c(=O)c4)cc32)ccn1. The van der Waals surface area contributed by atoms with Crippen LogP contribution in [0.15, 0.2) is 83.0 Å². The molecule has 1 aliphatic rings. The highest BCUT2D eigenvalue weighted by molar-refractivity contribution is 6.15. The van der Waals surface area contributed by atoms with Crippen LogP contribution in [0.25, 0.3) is 11.1 Å². The number of fused-ring (bicyclic) bond motifs is 1. The van der Waals surface area contributed by atoms with Crippen molar-refractivity contribution in [3.8, 4) is 11.1 Å². The molecule has 0 bridgehead atoms. The topological polar surface area (TPSA) is 60.1 Å². The molecule has 0 saturated carbocycles. The summed E-state index contributed by atoms with van der Waals surface area (Å²) in [5.41, 5.74) is 4.94. The van der Waals surface area contributed by atoms with Crippen LogP contribution in [0.3, 0.4) is 0 Å². The third-order valence-corrected chi connectivity index (χ3v) is 5.77. The molecule has 4 aromatic rings. The average Bonchev–Trinajstić information content (AvgIpc) is 3.23. The minimum Gasteiger partial charge on any atom is -0.311 e. The Morgan fingerprint density at radius 1 is 0.941 bits per heavy atom. The molecule has 0 aliphatic carbocycles. The van der Waals surface area contributed by atoms with E-state index in [9.17, 15) is 18.0 Å². The molecule has 0 N–H and O–H groups in total. The van der Waals surface area contributed by atoms with Gasteiger partial charge in [-0.3, -0.25) is 19.8 Å². The van der Waals surface area contributed by atoms with Crippen molar-refractivity contribution >= 4 is 5.71 Å². The Labute approximate surface area is 193 Å². The van der Waals surface area contributed by atoms with Crippen molar-refractivity contribution in [1.82, 2.24) is 14.5 Å². The molecule has 5 rings (SSSR count). The number of aryl methyl sites for hydroxylation is 1. The number of nitrogens with zero attached hydrogens (tertiary/aromatic N) is 4. The maximum atomic E-state index is 13.3. The lowest BCUT2D eigenvalue weighted by atomic mass is 9.96. The first kappa shape index (κ1) is 21.8. The second-order valence-electron chi connectivity index (χ2n) is 8.11. The van der Waals surface area contributed by atoms with Crippen LogP contribution in [0, 0.1) is 6.92 Å². The summed E-state index contributed by atoms with van der Waals surface area (Å²) in [5.74, 6) is 0. The monoisotopic (exact) mass is 460 g/mol. The number of rotatable bonds is 4. The Kier molecular flexibility index (Phi) is 5.36. The molecule has 0 radical (unpaired) electrons. The second-order valence-corrected chi connectivity index (χ2v) is 8.11. The van der Waals surface area contributed by atoms with E-state index in [4.69, 9.17) is 0 Å². The van der Waals surface area contributed by atoms with Crippen molar-refractivity contribution in [2.24, 2.45) is 4.99 Å². The van der Waals surface area contributed by atoms with Crippen LogP contribution in [-0.2, 0) is 19.3 Å². The van der Waals surface area contributed by atoms with Crippen molar-refractivity contribution in [2.75, 3.05) is 0 Å². The molecule has 34 heavy (non-hydrogen) atoms. The highest BCUT2D eigenvalue weighted by atomic mass is 19.4. The molecule has 4 heterocycles. The highest BCUT2D eigenvalue weighted by Gasteiger charge is 2.35. The predicted octanol–water partition coefficient (Wildman–Crippen LogP) is 5.03.